The van der Waals surface area contributed by atoms with Crippen molar-refractivity contribution in [2.24, 2.45) is 5.92 Å². The van der Waals surface area contributed by atoms with Crippen LogP contribution in [-0.2, 0) is 14.1 Å². The normalized spacial score (nSPS) is 26.3. The summed E-state index contributed by atoms with van der Waals surface area (Å²) in [7, 11) is -3.11. The number of carbonyl (C=O) groups is 1. The molecule has 0 saturated carbocycles. The molecule has 0 aliphatic carbocycles. The minimum Gasteiger partial charge on any atom is -0.377 e. The lowest BCUT2D eigenvalue weighted by atomic mass is 10.1. The van der Waals surface area contributed by atoms with E-state index in [9.17, 15) is 14.3 Å². The number of ether oxygens (including phenoxy) is 1. The molecule has 1 amide bonds. The van der Waals surface area contributed by atoms with E-state index in [2.05, 4.69) is 0 Å². The molecular weight excluding hydrogens is 277 g/mol. The maximum atomic E-state index is 12.1. The summed E-state index contributed by atoms with van der Waals surface area (Å²) < 4.78 is 17.7. The van der Waals surface area contributed by atoms with E-state index in [1.54, 1.807) is 25.7 Å². The maximum Gasteiger partial charge on any atom is 0.219 e. The zero-order valence-corrected chi connectivity index (χ0v) is 14.1. The quantitative estimate of drug-likeness (QED) is 0.765. The molecule has 0 aromatic carbocycles. The monoisotopic (exact) mass is 305 g/mol. The highest BCUT2D eigenvalue weighted by Gasteiger charge is 2.38. The standard InChI is InChI=1S/C14H28NO4P/c1-10(2)19-8-14-6-13(7-15(14)12(5)16)9-20(17,18)11(3)4/h10-11,13-14H,6-9H2,1-5H3,(H,17,18)/t13-,14+/m1/s1. The summed E-state index contributed by atoms with van der Waals surface area (Å²) in [6.07, 6.45) is 1.18. The zero-order valence-electron chi connectivity index (χ0n) is 13.2. The smallest absolute Gasteiger partial charge is 0.219 e. The van der Waals surface area contributed by atoms with E-state index in [-0.39, 0.29) is 29.6 Å². The van der Waals surface area contributed by atoms with Crippen molar-refractivity contribution in [2.45, 2.75) is 58.8 Å². The number of hydrogen-bond acceptors (Lipinski definition) is 3. The second-order valence-corrected chi connectivity index (χ2v) is 9.25. The van der Waals surface area contributed by atoms with Crippen molar-refractivity contribution in [1.82, 2.24) is 4.90 Å². The van der Waals surface area contributed by atoms with E-state index < -0.39 is 7.37 Å². The third-order valence-electron chi connectivity index (χ3n) is 3.85. The van der Waals surface area contributed by atoms with Gasteiger partial charge in [0.05, 0.1) is 18.8 Å². The molecule has 1 rings (SSSR count). The summed E-state index contributed by atoms with van der Waals surface area (Å²) in [5.41, 5.74) is -0.223. The third-order valence-corrected chi connectivity index (χ3v) is 6.51. The predicted octanol–water partition coefficient (Wildman–Crippen LogP) is 2.33. The molecule has 20 heavy (non-hydrogen) atoms. The van der Waals surface area contributed by atoms with Crippen LogP contribution >= 0.6 is 7.37 Å². The van der Waals surface area contributed by atoms with Gasteiger partial charge in [-0.25, -0.2) is 0 Å². The van der Waals surface area contributed by atoms with Crippen LogP contribution in [0.25, 0.3) is 0 Å². The van der Waals surface area contributed by atoms with Gasteiger partial charge < -0.3 is 14.5 Å². The van der Waals surface area contributed by atoms with E-state index in [4.69, 9.17) is 4.74 Å². The fourth-order valence-corrected chi connectivity index (χ4v) is 4.00. The molecule has 1 aliphatic heterocycles. The summed E-state index contributed by atoms with van der Waals surface area (Å²) in [4.78, 5) is 23.5. The molecule has 3 atom stereocenters. The van der Waals surface area contributed by atoms with Gasteiger partial charge in [0.1, 0.15) is 0 Å². The van der Waals surface area contributed by atoms with Gasteiger partial charge in [0.15, 0.2) is 0 Å². The van der Waals surface area contributed by atoms with Crippen molar-refractivity contribution in [3.63, 3.8) is 0 Å². The van der Waals surface area contributed by atoms with E-state index in [1.807, 2.05) is 13.8 Å². The minimum atomic E-state index is -3.11. The van der Waals surface area contributed by atoms with Crippen molar-refractivity contribution >= 4 is 13.3 Å². The average molecular weight is 305 g/mol. The maximum absolute atomic E-state index is 12.1. The van der Waals surface area contributed by atoms with Crippen molar-refractivity contribution in [3.05, 3.63) is 0 Å². The number of amides is 1. The number of nitrogens with zero attached hydrogens (tertiary/aromatic N) is 1. The molecule has 1 aliphatic rings. The Labute approximate surface area is 122 Å². The zero-order chi connectivity index (χ0) is 15.5. The molecule has 0 aromatic rings. The van der Waals surface area contributed by atoms with Gasteiger partial charge in [-0.05, 0) is 26.2 Å². The van der Waals surface area contributed by atoms with Gasteiger partial charge in [0, 0.05) is 25.3 Å². The molecule has 1 fully saturated rings. The number of rotatable bonds is 6. The molecule has 1 unspecified atom stereocenters. The van der Waals surface area contributed by atoms with Crippen LogP contribution in [0.5, 0.6) is 0 Å². The van der Waals surface area contributed by atoms with Crippen LogP contribution in [0.2, 0.25) is 0 Å². The lowest BCUT2D eigenvalue weighted by Crippen LogP contribution is -2.37. The minimum absolute atomic E-state index is 0.0159. The molecule has 0 aromatic heterocycles. The molecule has 0 bridgehead atoms. The summed E-state index contributed by atoms with van der Waals surface area (Å²) in [5, 5.41) is 0. The highest BCUT2D eigenvalue weighted by atomic mass is 31.2. The van der Waals surface area contributed by atoms with Gasteiger partial charge >= 0.3 is 0 Å². The van der Waals surface area contributed by atoms with Crippen LogP contribution in [0.1, 0.15) is 41.0 Å². The summed E-state index contributed by atoms with van der Waals surface area (Å²) in [5.74, 6) is 0.111. The van der Waals surface area contributed by atoms with Crippen LogP contribution in [-0.4, -0.2) is 52.8 Å². The average Bonchev–Trinajstić information content (AvgIpc) is 2.68. The molecule has 118 valence electrons. The number of carbonyl (C=O) groups excluding carboxylic acids is 1. The molecular formula is C14H28NO4P. The molecule has 1 saturated heterocycles. The second-order valence-electron chi connectivity index (χ2n) is 6.34. The first-order valence-corrected chi connectivity index (χ1v) is 9.25. The highest BCUT2D eigenvalue weighted by Crippen LogP contribution is 2.49. The first-order chi connectivity index (χ1) is 9.13. The Kier molecular flexibility index (Phi) is 6.24. The highest BCUT2D eigenvalue weighted by molar-refractivity contribution is 7.58. The fourth-order valence-electron chi connectivity index (χ4n) is 2.57. The Balaban J connectivity index is 2.65. The summed E-state index contributed by atoms with van der Waals surface area (Å²) >= 11 is 0. The van der Waals surface area contributed by atoms with Crippen molar-refractivity contribution in [1.29, 1.82) is 0 Å². The Morgan fingerprint density at radius 3 is 2.45 bits per heavy atom. The number of likely N-dealkylation sites (tertiary alicyclic amines) is 1. The Hall–Kier alpha value is -0.380. The lowest BCUT2D eigenvalue weighted by Gasteiger charge is -2.24. The van der Waals surface area contributed by atoms with E-state index in [1.165, 1.54) is 0 Å². The summed E-state index contributed by atoms with van der Waals surface area (Å²) in [6.45, 7) is 10.1. The predicted molar refractivity (Wildman–Crippen MR) is 80.2 cm³/mol. The van der Waals surface area contributed by atoms with Crippen LogP contribution in [0.3, 0.4) is 0 Å². The van der Waals surface area contributed by atoms with Crippen LogP contribution < -0.4 is 0 Å². The lowest BCUT2D eigenvalue weighted by molar-refractivity contribution is -0.131. The van der Waals surface area contributed by atoms with Gasteiger partial charge in [0.2, 0.25) is 13.3 Å². The Bertz CT molecular complexity index is 383. The fraction of sp³-hybridized carbons (Fsp3) is 0.929. The van der Waals surface area contributed by atoms with E-state index >= 15 is 0 Å². The van der Waals surface area contributed by atoms with Crippen molar-refractivity contribution in [3.8, 4) is 0 Å². The van der Waals surface area contributed by atoms with Crippen molar-refractivity contribution < 1.29 is 19.0 Å². The Morgan fingerprint density at radius 2 is 2.00 bits per heavy atom. The molecule has 1 heterocycles. The van der Waals surface area contributed by atoms with Gasteiger partial charge in [0.25, 0.3) is 0 Å². The van der Waals surface area contributed by atoms with E-state index in [0.717, 1.165) is 6.42 Å². The topological polar surface area (TPSA) is 66.8 Å². The van der Waals surface area contributed by atoms with Gasteiger partial charge in [-0.1, -0.05) is 13.8 Å². The molecule has 6 heteroatoms. The van der Waals surface area contributed by atoms with Crippen LogP contribution in [0.4, 0.5) is 0 Å². The second kappa shape index (κ2) is 7.06. The van der Waals surface area contributed by atoms with E-state index in [0.29, 0.717) is 19.3 Å². The molecule has 0 radical (unpaired) electrons. The largest absolute Gasteiger partial charge is 0.377 e. The summed E-state index contributed by atoms with van der Waals surface area (Å²) in [6, 6.07) is 0.0343. The molecule has 0 spiro atoms. The van der Waals surface area contributed by atoms with Crippen LogP contribution in [0.15, 0.2) is 0 Å². The van der Waals surface area contributed by atoms with Crippen molar-refractivity contribution in [2.75, 3.05) is 19.3 Å². The van der Waals surface area contributed by atoms with Gasteiger partial charge in [-0.3, -0.25) is 9.36 Å². The molecule has 1 N–H and O–H groups in total. The van der Waals surface area contributed by atoms with Gasteiger partial charge in [-0.2, -0.15) is 0 Å². The third kappa shape index (κ3) is 4.87. The van der Waals surface area contributed by atoms with Crippen LogP contribution in [0, 0.1) is 5.92 Å². The molecule has 5 nitrogen and oxygen atoms in total. The SMILES string of the molecule is CC(=O)N1C[C@H](CP(=O)(O)C(C)C)C[C@H]1COC(C)C. The van der Waals surface area contributed by atoms with Gasteiger partial charge in [-0.15, -0.1) is 0 Å². The number of hydrogen-bond donors (Lipinski definition) is 1. The first kappa shape index (κ1) is 17.7. The first-order valence-electron chi connectivity index (χ1n) is 7.33. The Morgan fingerprint density at radius 1 is 1.40 bits per heavy atom.